The van der Waals surface area contributed by atoms with Crippen molar-refractivity contribution in [3.8, 4) is 5.75 Å². The number of ether oxygens (including phenoxy) is 1. The molecule has 26 heavy (non-hydrogen) atoms. The van der Waals surface area contributed by atoms with E-state index in [1.807, 2.05) is 24.3 Å². The van der Waals surface area contributed by atoms with Crippen LogP contribution in [0.3, 0.4) is 0 Å². The molecule has 2 aromatic carbocycles. The van der Waals surface area contributed by atoms with E-state index in [-0.39, 0.29) is 17.7 Å². The fraction of sp³-hybridized carbons (Fsp3) is 0.263. The molecule has 0 spiro atoms. The van der Waals surface area contributed by atoms with Crippen LogP contribution in [-0.2, 0) is 10.2 Å². The fourth-order valence-electron chi connectivity index (χ4n) is 2.09. The van der Waals surface area contributed by atoms with Gasteiger partial charge in [-0.1, -0.05) is 32.9 Å². The predicted octanol–water partition coefficient (Wildman–Crippen LogP) is 3.42. The maximum absolute atomic E-state index is 11.7. The summed E-state index contributed by atoms with van der Waals surface area (Å²) in [5, 5.41) is 14.4. The van der Waals surface area contributed by atoms with E-state index in [9.17, 15) is 14.9 Å². The molecule has 0 bridgehead atoms. The summed E-state index contributed by atoms with van der Waals surface area (Å²) in [5.74, 6) is 0.204. The fourth-order valence-corrected chi connectivity index (χ4v) is 2.09. The summed E-state index contributed by atoms with van der Waals surface area (Å²) in [6.45, 7) is 6.21. The monoisotopic (exact) mass is 355 g/mol. The van der Waals surface area contributed by atoms with E-state index in [1.165, 1.54) is 23.9 Å². The molecule has 0 atom stereocenters. The standard InChI is InChI=1S/C19H21N3O4/c1-19(2,3)15-6-10-17(11-7-15)26-13-18(23)21-20-12-14-4-8-16(9-5-14)22(24)25/h4-12H,13H2,1-3H3,(H,21,23). The van der Waals surface area contributed by atoms with E-state index in [4.69, 9.17) is 4.74 Å². The van der Waals surface area contributed by atoms with E-state index in [0.717, 1.165) is 0 Å². The molecule has 0 fully saturated rings. The molecule has 1 N–H and O–H groups in total. The van der Waals surface area contributed by atoms with Gasteiger partial charge in [-0.15, -0.1) is 0 Å². The molecule has 0 aliphatic rings. The van der Waals surface area contributed by atoms with Gasteiger partial charge in [0.05, 0.1) is 11.1 Å². The molecule has 0 heterocycles. The molecule has 0 unspecified atom stereocenters. The second kappa shape index (κ2) is 8.24. The van der Waals surface area contributed by atoms with E-state index in [2.05, 4.69) is 31.3 Å². The number of nitro groups is 1. The highest BCUT2D eigenvalue weighted by atomic mass is 16.6. The van der Waals surface area contributed by atoms with Crippen molar-refractivity contribution in [1.82, 2.24) is 5.43 Å². The lowest BCUT2D eigenvalue weighted by molar-refractivity contribution is -0.384. The van der Waals surface area contributed by atoms with E-state index < -0.39 is 10.8 Å². The maximum Gasteiger partial charge on any atom is 0.277 e. The van der Waals surface area contributed by atoms with Gasteiger partial charge in [0.1, 0.15) is 5.75 Å². The summed E-state index contributed by atoms with van der Waals surface area (Å²) >= 11 is 0. The van der Waals surface area contributed by atoms with Crippen molar-refractivity contribution in [3.05, 3.63) is 69.8 Å². The second-order valence-electron chi connectivity index (χ2n) is 6.70. The number of carbonyl (C=O) groups excluding carboxylic acids is 1. The van der Waals surface area contributed by atoms with Crippen molar-refractivity contribution in [1.29, 1.82) is 0 Å². The van der Waals surface area contributed by atoms with Gasteiger partial charge >= 0.3 is 0 Å². The van der Waals surface area contributed by atoms with Gasteiger partial charge in [0, 0.05) is 12.1 Å². The Morgan fingerprint density at radius 3 is 2.31 bits per heavy atom. The average Bonchev–Trinajstić information content (AvgIpc) is 2.60. The van der Waals surface area contributed by atoms with Crippen LogP contribution in [0.2, 0.25) is 0 Å². The highest BCUT2D eigenvalue weighted by molar-refractivity contribution is 5.83. The van der Waals surface area contributed by atoms with Crippen molar-refractivity contribution in [3.63, 3.8) is 0 Å². The SMILES string of the molecule is CC(C)(C)c1ccc(OCC(=O)NN=Cc2ccc([N+](=O)[O-])cc2)cc1. The normalized spacial score (nSPS) is 11.3. The minimum absolute atomic E-state index is 0.00272. The van der Waals surface area contributed by atoms with Crippen molar-refractivity contribution in [2.24, 2.45) is 5.10 Å². The lowest BCUT2D eigenvalue weighted by Gasteiger charge is -2.19. The Morgan fingerprint density at radius 1 is 1.15 bits per heavy atom. The Morgan fingerprint density at radius 2 is 1.77 bits per heavy atom. The third-order valence-corrected chi connectivity index (χ3v) is 3.60. The molecule has 0 aromatic heterocycles. The van der Waals surface area contributed by atoms with Gasteiger partial charge in [0.2, 0.25) is 0 Å². The van der Waals surface area contributed by atoms with Crippen molar-refractivity contribution in [2.75, 3.05) is 6.61 Å². The third kappa shape index (κ3) is 5.70. The van der Waals surface area contributed by atoms with Crippen LogP contribution in [0.25, 0.3) is 0 Å². The van der Waals surface area contributed by atoms with Gasteiger partial charge < -0.3 is 4.74 Å². The summed E-state index contributed by atoms with van der Waals surface area (Å²) < 4.78 is 5.42. The number of hydrogen-bond acceptors (Lipinski definition) is 5. The Labute approximate surface area is 151 Å². The van der Waals surface area contributed by atoms with Crippen LogP contribution in [0, 0.1) is 10.1 Å². The average molecular weight is 355 g/mol. The summed E-state index contributed by atoms with van der Waals surface area (Å²) in [6, 6.07) is 13.4. The first-order valence-electron chi connectivity index (χ1n) is 8.05. The molecule has 0 aliphatic heterocycles. The highest BCUT2D eigenvalue weighted by Crippen LogP contribution is 2.24. The third-order valence-electron chi connectivity index (χ3n) is 3.60. The molecule has 0 saturated heterocycles. The molecule has 2 rings (SSSR count). The van der Waals surface area contributed by atoms with Crippen molar-refractivity contribution < 1.29 is 14.5 Å². The number of nitro benzene ring substituents is 1. The number of carbonyl (C=O) groups is 1. The van der Waals surface area contributed by atoms with E-state index in [0.29, 0.717) is 11.3 Å². The molecule has 0 aliphatic carbocycles. The van der Waals surface area contributed by atoms with Gasteiger partial charge in [-0.05, 0) is 40.8 Å². The Kier molecular flexibility index (Phi) is 6.06. The zero-order valence-electron chi connectivity index (χ0n) is 14.9. The molecular formula is C19H21N3O4. The van der Waals surface area contributed by atoms with Crippen LogP contribution in [0.15, 0.2) is 53.6 Å². The first-order valence-corrected chi connectivity index (χ1v) is 8.05. The van der Waals surface area contributed by atoms with Crippen LogP contribution in [0.5, 0.6) is 5.75 Å². The van der Waals surface area contributed by atoms with Gasteiger partial charge in [-0.2, -0.15) is 5.10 Å². The smallest absolute Gasteiger partial charge is 0.277 e. The topological polar surface area (TPSA) is 93.8 Å². The van der Waals surface area contributed by atoms with Crippen LogP contribution in [0.1, 0.15) is 31.9 Å². The first-order chi connectivity index (χ1) is 12.3. The summed E-state index contributed by atoms with van der Waals surface area (Å²) in [6.07, 6.45) is 1.40. The zero-order valence-corrected chi connectivity index (χ0v) is 14.9. The van der Waals surface area contributed by atoms with Gasteiger partial charge in [0.25, 0.3) is 11.6 Å². The van der Waals surface area contributed by atoms with Crippen molar-refractivity contribution >= 4 is 17.8 Å². The molecule has 0 saturated carbocycles. The second-order valence-corrected chi connectivity index (χ2v) is 6.70. The molecule has 0 radical (unpaired) electrons. The minimum atomic E-state index is -0.478. The summed E-state index contributed by atoms with van der Waals surface area (Å²) in [4.78, 5) is 21.8. The number of nitrogens with one attached hydrogen (secondary N) is 1. The largest absolute Gasteiger partial charge is 0.484 e. The van der Waals surface area contributed by atoms with Gasteiger partial charge in [0.15, 0.2) is 6.61 Å². The van der Waals surface area contributed by atoms with Gasteiger partial charge in [-0.25, -0.2) is 5.43 Å². The highest BCUT2D eigenvalue weighted by Gasteiger charge is 2.13. The lowest BCUT2D eigenvalue weighted by Crippen LogP contribution is -2.24. The molecule has 136 valence electrons. The lowest BCUT2D eigenvalue weighted by atomic mass is 9.87. The van der Waals surface area contributed by atoms with Crippen LogP contribution >= 0.6 is 0 Å². The number of amides is 1. The first kappa shape index (κ1) is 19.1. The van der Waals surface area contributed by atoms with Crippen LogP contribution in [-0.4, -0.2) is 23.7 Å². The Bertz CT molecular complexity index is 791. The minimum Gasteiger partial charge on any atom is -0.484 e. The van der Waals surface area contributed by atoms with Crippen LogP contribution in [0.4, 0.5) is 5.69 Å². The van der Waals surface area contributed by atoms with E-state index >= 15 is 0 Å². The summed E-state index contributed by atoms with van der Waals surface area (Å²) in [7, 11) is 0. The van der Waals surface area contributed by atoms with Crippen molar-refractivity contribution in [2.45, 2.75) is 26.2 Å². The number of rotatable bonds is 6. The number of hydrogen-bond donors (Lipinski definition) is 1. The molecule has 7 nitrogen and oxygen atoms in total. The maximum atomic E-state index is 11.7. The number of non-ortho nitro benzene ring substituents is 1. The predicted molar refractivity (Wildman–Crippen MR) is 99.5 cm³/mol. The number of nitrogens with zero attached hydrogens (tertiary/aromatic N) is 2. The molecule has 1 amide bonds. The summed E-state index contributed by atoms with van der Waals surface area (Å²) in [5.41, 5.74) is 4.22. The van der Waals surface area contributed by atoms with E-state index in [1.54, 1.807) is 12.1 Å². The number of hydrazone groups is 1. The Hall–Kier alpha value is -3.22. The number of benzene rings is 2. The Balaban J connectivity index is 1.80. The molecular weight excluding hydrogens is 334 g/mol. The quantitative estimate of drug-likeness (QED) is 0.488. The van der Waals surface area contributed by atoms with Crippen LogP contribution < -0.4 is 10.2 Å². The molecule has 7 heteroatoms. The zero-order chi connectivity index (χ0) is 19.2. The molecule has 2 aromatic rings. The van der Waals surface area contributed by atoms with Gasteiger partial charge in [-0.3, -0.25) is 14.9 Å².